The molecule has 0 aromatic heterocycles. The summed E-state index contributed by atoms with van der Waals surface area (Å²) in [5, 5.41) is 3.07. The Morgan fingerprint density at radius 1 is 1.11 bits per heavy atom. The van der Waals surface area contributed by atoms with Gasteiger partial charge in [0, 0.05) is 18.3 Å². The van der Waals surface area contributed by atoms with E-state index >= 15 is 0 Å². The largest absolute Gasteiger partial charge is 0.382 e. The number of anilines is 1. The van der Waals surface area contributed by atoms with Crippen LogP contribution < -0.4 is 5.32 Å². The first-order valence-corrected chi connectivity index (χ1v) is 7.03. The molecule has 0 amide bonds. The van der Waals surface area contributed by atoms with Crippen molar-refractivity contribution in [1.29, 1.82) is 0 Å². The molecule has 4 heteroatoms. The quantitative estimate of drug-likeness (QED) is 0.897. The lowest BCUT2D eigenvalue weighted by atomic mass is 9.98. The third kappa shape index (κ3) is 2.89. The molecule has 1 N–H and O–H groups in total. The molecular weight excluding hydrogens is 248 g/mol. The summed E-state index contributed by atoms with van der Waals surface area (Å²) in [6.45, 7) is 0.616. The summed E-state index contributed by atoms with van der Waals surface area (Å²) in [4.78, 5) is 0. The molecule has 1 atom stereocenters. The van der Waals surface area contributed by atoms with Gasteiger partial charge in [-0.15, -0.1) is 0 Å². The second-order valence-electron chi connectivity index (χ2n) is 5.71. The lowest BCUT2D eigenvalue weighted by Gasteiger charge is -2.24. The Bertz CT molecular complexity index is 437. The van der Waals surface area contributed by atoms with Crippen LogP contribution in [0.1, 0.15) is 38.5 Å². The minimum atomic E-state index is -0.554. The Hall–Kier alpha value is -1.16. The fourth-order valence-electron chi connectivity index (χ4n) is 3.31. The van der Waals surface area contributed by atoms with E-state index in [-0.39, 0.29) is 11.7 Å². The lowest BCUT2D eigenvalue weighted by Crippen LogP contribution is -2.27. The van der Waals surface area contributed by atoms with Crippen molar-refractivity contribution in [2.75, 3.05) is 11.9 Å². The average molecular weight is 267 g/mol. The van der Waals surface area contributed by atoms with Gasteiger partial charge in [-0.05, 0) is 37.8 Å². The molecule has 2 fully saturated rings. The van der Waals surface area contributed by atoms with Gasteiger partial charge in [0.05, 0.1) is 11.7 Å². The topological polar surface area (TPSA) is 21.3 Å². The van der Waals surface area contributed by atoms with Crippen LogP contribution in [0, 0.1) is 11.6 Å². The minimum absolute atomic E-state index is 0.111. The third-order valence-electron chi connectivity index (χ3n) is 4.25. The molecule has 2 aliphatic rings. The van der Waals surface area contributed by atoms with E-state index in [2.05, 4.69) is 5.32 Å². The molecule has 3 rings (SSSR count). The highest BCUT2D eigenvalue weighted by molar-refractivity contribution is 5.43. The maximum atomic E-state index is 13.1. The Kier molecular flexibility index (Phi) is 3.44. The fraction of sp³-hybridized carbons (Fsp3) is 0.600. The van der Waals surface area contributed by atoms with Gasteiger partial charge in [0.15, 0.2) is 0 Å². The molecule has 1 spiro atoms. The van der Waals surface area contributed by atoms with Crippen molar-refractivity contribution >= 4 is 5.69 Å². The summed E-state index contributed by atoms with van der Waals surface area (Å²) in [5.41, 5.74) is 0.591. The van der Waals surface area contributed by atoms with Gasteiger partial charge < -0.3 is 10.1 Å². The summed E-state index contributed by atoms with van der Waals surface area (Å²) in [6, 6.07) is 3.50. The van der Waals surface area contributed by atoms with Gasteiger partial charge in [-0.25, -0.2) is 8.78 Å². The van der Waals surface area contributed by atoms with Gasteiger partial charge >= 0.3 is 0 Å². The van der Waals surface area contributed by atoms with Crippen LogP contribution >= 0.6 is 0 Å². The first-order chi connectivity index (χ1) is 9.15. The highest BCUT2D eigenvalue weighted by Crippen LogP contribution is 2.43. The van der Waals surface area contributed by atoms with Crippen LogP contribution in [-0.4, -0.2) is 18.2 Å². The van der Waals surface area contributed by atoms with Crippen LogP contribution in [0.25, 0.3) is 0 Å². The Labute approximate surface area is 112 Å². The number of halogens is 2. The van der Waals surface area contributed by atoms with Gasteiger partial charge in [-0.2, -0.15) is 0 Å². The molecule has 1 saturated heterocycles. The summed E-state index contributed by atoms with van der Waals surface area (Å²) in [5.74, 6) is -1.11. The highest BCUT2D eigenvalue weighted by Gasteiger charge is 2.41. The van der Waals surface area contributed by atoms with E-state index in [4.69, 9.17) is 4.74 Å². The highest BCUT2D eigenvalue weighted by atomic mass is 19.1. The van der Waals surface area contributed by atoms with Gasteiger partial charge in [0.1, 0.15) is 11.6 Å². The minimum Gasteiger partial charge on any atom is -0.382 e. The number of ether oxygens (including phenoxy) is 1. The van der Waals surface area contributed by atoms with Crippen molar-refractivity contribution in [1.82, 2.24) is 0 Å². The Morgan fingerprint density at radius 3 is 2.47 bits per heavy atom. The first kappa shape index (κ1) is 12.9. The molecule has 1 aliphatic carbocycles. The number of nitrogens with one attached hydrogen (secondary N) is 1. The monoisotopic (exact) mass is 267 g/mol. The average Bonchev–Trinajstić information content (AvgIpc) is 2.97. The molecule has 2 nitrogen and oxygen atoms in total. The van der Waals surface area contributed by atoms with Gasteiger partial charge in [-0.1, -0.05) is 12.8 Å². The van der Waals surface area contributed by atoms with Crippen LogP contribution in [0.15, 0.2) is 18.2 Å². The molecule has 0 radical (unpaired) electrons. The van der Waals surface area contributed by atoms with Crippen LogP contribution in [0.4, 0.5) is 14.5 Å². The summed E-state index contributed by atoms with van der Waals surface area (Å²) < 4.78 is 32.3. The van der Waals surface area contributed by atoms with Crippen LogP contribution in [0.2, 0.25) is 0 Å². The molecule has 1 aromatic carbocycles. The van der Waals surface area contributed by atoms with Gasteiger partial charge in [-0.3, -0.25) is 0 Å². The molecule has 0 bridgehead atoms. The number of hydrogen-bond donors (Lipinski definition) is 1. The number of rotatable bonds is 3. The Balaban J connectivity index is 1.55. The van der Waals surface area contributed by atoms with Gasteiger partial charge in [0.25, 0.3) is 0 Å². The SMILES string of the molecule is Fc1cc(F)cc(NCC2CCC3(CCCC3)O2)c1. The van der Waals surface area contributed by atoms with Crippen molar-refractivity contribution in [3.8, 4) is 0 Å². The van der Waals surface area contributed by atoms with E-state index in [9.17, 15) is 8.78 Å². The van der Waals surface area contributed by atoms with Crippen LogP contribution in [0.3, 0.4) is 0 Å². The van der Waals surface area contributed by atoms with Gasteiger partial charge in [0.2, 0.25) is 0 Å². The molecule has 1 saturated carbocycles. The standard InChI is InChI=1S/C15H19F2NO/c16-11-7-12(17)9-13(8-11)18-10-14-3-6-15(19-14)4-1-2-5-15/h7-9,14,18H,1-6,10H2. The van der Waals surface area contributed by atoms with Crippen LogP contribution in [0.5, 0.6) is 0 Å². The molecule has 1 aliphatic heterocycles. The molecule has 1 aromatic rings. The molecule has 104 valence electrons. The Morgan fingerprint density at radius 2 is 1.79 bits per heavy atom. The number of benzene rings is 1. The zero-order valence-electron chi connectivity index (χ0n) is 10.9. The maximum Gasteiger partial charge on any atom is 0.128 e. The van der Waals surface area contributed by atoms with E-state index in [1.807, 2.05) is 0 Å². The summed E-state index contributed by atoms with van der Waals surface area (Å²) in [7, 11) is 0. The lowest BCUT2D eigenvalue weighted by molar-refractivity contribution is -0.0307. The molecule has 1 heterocycles. The number of hydrogen-bond acceptors (Lipinski definition) is 2. The van der Waals surface area contributed by atoms with E-state index < -0.39 is 11.6 Å². The second-order valence-corrected chi connectivity index (χ2v) is 5.71. The predicted molar refractivity (Wildman–Crippen MR) is 70.2 cm³/mol. The van der Waals surface area contributed by atoms with E-state index in [1.54, 1.807) is 0 Å². The maximum absolute atomic E-state index is 13.1. The first-order valence-electron chi connectivity index (χ1n) is 7.03. The van der Waals surface area contributed by atoms with Crippen molar-refractivity contribution < 1.29 is 13.5 Å². The summed E-state index contributed by atoms with van der Waals surface area (Å²) >= 11 is 0. The molecule has 1 unspecified atom stereocenters. The second kappa shape index (κ2) is 5.08. The van der Waals surface area contributed by atoms with Crippen molar-refractivity contribution in [3.05, 3.63) is 29.8 Å². The third-order valence-corrected chi connectivity index (χ3v) is 4.25. The normalized spacial score (nSPS) is 25.1. The molecule has 19 heavy (non-hydrogen) atoms. The van der Waals surface area contributed by atoms with Crippen molar-refractivity contribution in [3.63, 3.8) is 0 Å². The fourth-order valence-corrected chi connectivity index (χ4v) is 3.31. The molecular formula is C15H19F2NO. The smallest absolute Gasteiger partial charge is 0.128 e. The van der Waals surface area contributed by atoms with E-state index in [0.717, 1.165) is 31.7 Å². The van der Waals surface area contributed by atoms with E-state index in [1.165, 1.54) is 25.0 Å². The van der Waals surface area contributed by atoms with E-state index in [0.29, 0.717) is 12.2 Å². The zero-order chi connectivity index (χ0) is 13.3. The van der Waals surface area contributed by atoms with Crippen molar-refractivity contribution in [2.24, 2.45) is 0 Å². The predicted octanol–water partition coefficient (Wildman–Crippen LogP) is 3.87. The summed E-state index contributed by atoms with van der Waals surface area (Å²) in [6.07, 6.45) is 7.16. The van der Waals surface area contributed by atoms with Crippen LogP contribution in [-0.2, 0) is 4.74 Å². The zero-order valence-corrected chi connectivity index (χ0v) is 10.9. The van der Waals surface area contributed by atoms with Crippen molar-refractivity contribution in [2.45, 2.75) is 50.2 Å².